The van der Waals surface area contributed by atoms with Crippen LogP contribution in [0.15, 0.2) is 18.2 Å². The van der Waals surface area contributed by atoms with Gasteiger partial charge in [0.15, 0.2) is 0 Å². The number of rotatable bonds is 5. The average Bonchev–Trinajstić information content (AvgIpc) is 2.38. The second-order valence-corrected chi connectivity index (χ2v) is 5.90. The normalized spacial score (nSPS) is 10.8. The van der Waals surface area contributed by atoms with Gasteiger partial charge in [0, 0.05) is 15.7 Å². The summed E-state index contributed by atoms with van der Waals surface area (Å²) < 4.78 is 0.964. The second kappa shape index (κ2) is 8.07. The Morgan fingerprint density at radius 1 is 1.37 bits per heavy atom. The fourth-order valence-electron chi connectivity index (χ4n) is 1.66. The molecule has 1 aromatic rings. The Bertz CT molecular complexity index is 433. The van der Waals surface area contributed by atoms with Crippen LogP contribution in [0.4, 0.5) is 0 Å². The second-order valence-electron chi connectivity index (χ2n) is 4.74. The predicted octanol–water partition coefficient (Wildman–Crippen LogP) is 3.27. The number of hydrogen-bond donors (Lipinski definition) is 2. The van der Waals surface area contributed by atoms with E-state index in [-0.39, 0.29) is 23.9 Å². The van der Waals surface area contributed by atoms with E-state index in [9.17, 15) is 4.79 Å². The first-order chi connectivity index (χ1) is 8.41. The zero-order valence-corrected chi connectivity index (χ0v) is 14.6. The van der Waals surface area contributed by atoms with E-state index < -0.39 is 0 Å². The summed E-state index contributed by atoms with van der Waals surface area (Å²) >= 11 is 2.18. The van der Waals surface area contributed by atoms with Crippen molar-refractivity contribution in [1.82, 2.24) is 5.32 Å². The number of carbonyl (C=O) groups excluding carboxylic acids is 1. The number of nitrogens with two attached hydrogens (primary N) is 1. The largest absolute Gasteiger partial charge is 0.350 e. The number of carbonyl (C=O) groups is 1. The van der Waals surface area contributed by atoms with Crippen LogP contribution in [-0.4, -0.2) is 18.0 Å². The highest BCUT2D eigenvalue weighted by Crippen LogP contribution is 2.15. The summed E-state index contributed by atoms with van der Waals surface area (Å²) in [6, 6.07) is 5.87. The number of benzene rings is 1. The van der Waals surface area contributed by atoms with Gasteiger partial charge in [-0.15, -0.1) is 12.4 Å². The van der Waals surface area contributed by atoms with Crippen LogP contribution >= 0.6 is 35.0 Å². The molecule has 1 rings (SSSR count). The Hall–Kier alpha value is -0.330. The van der Waals surface area contributed by atoms with Gasteiger partial charge >= 0.3 is 0 Å². The molecule has 1 aromatic carbocycles. The Labute approximate surface area is 135 Å². The average molecular weight is 397 g/mol. The summed E-state index contributed by atoms with van der Waals surface area (Å²) in [5.41, 5.74) is 7.69. The van der Waals surface area contributed by atoms with Gasteiger partial charge in [0.05, 0.1) is 5.56 Å². The fourth-order valence-corrected chi connectivity index (χ4v) is 2.25. The maximum Gasteiger partial charge on any atom is 0.252 e. The zero-order chi connectivity index (χ0) is 13.8. The molecule has 19 heavy (non-hydrogen) atoms. The first-order valence-electron chi connectivity index (χ1n) is 6.25. The minimum Gasteiger partial charge on any atom is -0.350 e. The van der Waals surface area contributed by atoms with Crippen molar-refractivity contribution < 1.29 is 4.79 Å². The molecule has 0 heterocycles. The van der Waals surface area contributed by atoms with Crippen molar-refractivity contribution in [3.05, 3.63) is 32.9 Å². The molecule has 1 amide bonds. The number of nitrogens with one attached hydrogen (secondary N) is 1. The first kappa shape index (κ1) is 18.7. The Kier molecular flexibility index (Phi) is 7.93. The van der Waals surface area contributed by atoms with Crippen molar-refractivity contribution in [3.63, 3.8) is 0 Å². The molecule has 0 saturated carbocycles. The SMILES string of the molecule is CCC(N)(CC)CNC(=O)c1cc(C)ccc1I.Cl. The van der Waals surface area contributed by atoms with Crippen LogP contribution in [-0.2, 0) is 0 Å². The fraction of sp³-hybridized carbons (Fsp3) is 0.500. The topological polar surface area (TPSA) is 55.1 Å². The molecule has 0 aliphatic carbocycles. The van der Waals surface area contributed by atoms with Gasteiger partial charge in [0.2, 0.25) is 0 Å². The molecule has 0 fully saturated rings. The zero-order valence-electron chi connectivity index (χ0n) is 11.6. The number of hydrogen-bond acceptors (Lipinski definition) is 2. The maximum atomic E-state index is 12.1. The van der Waals surface area contributed by atoms with Gasteiger partial charge in [-0.05, 0) is 54.5 Å². The molecule has 5 heteroatoms. The van der Waals surface area contributed by atoms with Crippen LogP contribution in [0.2, 0.25) is 0 Å². The Balaban J connectivity index is 0.00000324. The monoisotopic (exact) mass is 396 g/mol. The lowest BCUT2D eigenvalue weighted by atomic mass is 9.94. The van der Waals surface area contributed by atoms with Crippen LogP contribution in [0.5, 0.6) is 0 Å². The molecule has 0 aliphatic rings. The van der Waals surface area contributed by atoms with Gasteiger partial charge in [0.25, 0.3) is 5.91 Å². The third-order valence-electron chi connectivity index (χ3n) is 3.38. The maximum absolute atomic E-state index is 12.1. The van der Waals surface area contributed by atoms with E-state index in [0.717, 1.165) is 27.5 Å². The summed E-state index contributed by atoms with van der Waals surface area (Å²) in [5.74, 6) is -0.0418. The number of aryl methyl sites for hydroxylation is 1. The van der Waals surface area contributed by atoms with E-state index in [1.165, 1.54) is 0 Å². The minimum atomic E-state index is -0.301. The van der Waals surface area contributed by atoms with E-state index in [2.05, 4.69) is 27.9 Å². The van der Waals surface area contributed by atoms with Gasteiger partial charge in [0.1, 0.15) is 0 Å². The lowest BCUT2D eigenvalue weighted by molar-refractivity contribution is 0.0941. The summed E-state index contributed by atoms with van der Waals surface area (Å²) in [6.07, 6.45) is 1.71. The van der Waals surface area contributed by atoms with Crippen LogP contribution in [0.3, 0.4) is 0 Å². The van der Waals surface area contributed by atoms with E-state index in [1.807, 2.05) is 39.0 Å². The van der Waals surface area contributed by atoms with Gasteiger partial charge in [-0.1, -0.05) is 25.5 Å². The summed E-state index contributed by atoms with van der Waals surface area (Å²) in [4.78, 5) is 12.1. The molecule has 0 saturated heterocycles. The van der Waals surface area contributed by atoms with Crippen LogP contribution in [0.25, 0.3) is 0 Å². The van der Waals surface area contributed by atoms with E-state index in [1.54, 1.807) is 0 Å². The molecular formula is C14H22ClIN2O. The van der Waals surface area contributed by atoms with Crippen LogP contribution in [0.1, 0.15) is 42.6 Å². The van der Waals surface area contributed by atoms with Crippen molar-refractivity contribution in [3.8, 4) is 0 Å². The molecule has 3 nitrogen and oxygen atoms in total. The molecule has 0 spiro atoms. The highest BCUT2D eigenvalue weighted by Gasteiger charge is 2.21. The molecule has 108 valence electrons. The lowest BCUT2D eigenvalue weighted by Gasteiger charge is -2.26. The Morgan fingerprint density at radius 2 is 1.95 bits per heavy atom. The molecule has 0 aromatic heterocycles. The molecular weight excluding hydrogens is 375 g/mol. The molecule has 0 radical (unpaired) electrons. The Morgan fingerprint density at radius 3 is 2.47 bits per heavy atom. The van der Waals surface area contributed by atoms with Crippen molar-refractivity contribution in [2.24, 2.45) is 5.73 Å². The first-order valence-corrected chi connectivity index (χ1v) is 7.33. The molecule has 0 aliphatic heterocycles. The highest BCUT2D eigenvalue weighted by atomic mass is 127. The van der Waals surface area contributed by atoms with Gasteiger partial charge < -0.3 is 11.1 Å². The van der Waals surface area contributed by atoms with Crippen molar-refractivity contribution in [1.29, 1.82) is 0 Å². The third kappa shape index (κ3) is 5.28. The summed E-state index contributed by atoms with van der Waals surface area (Å²) in [7, 11) is 0. The molecule has 3 N–H and O–H groups in total. The highest BCUT2D eigenvalue weighted by molar-refractivity contribution is 14.1. The molecule has 0 bridgehead atoms. The van der Waals surface area contributed by atoms with E-state index in [4.69, 9.17) is 5.73 Å². The van der Waals surface area contributed by atoms with Crippen molar-refractivity contribution >= 4 is 40.9 Å². The summed E-state index contributed by atoms with van der Waals surface area (Å²) in [6.45, 7) is 6.60. The van der Waals surface area contributed by atoms with Gasteiger partial charge in [-0.2, -0.15) is 0 Å². The quantitative estimate of drug-likeness (QED) is 0.751. The van der Waals surface area contributed by atoms with E-state index in [0.29, 0.717) is 6.54 Å². The van der Waals surface area contributed by atoms with Crippen LogP contribution < -0.4 is 11.1 Å². The van der Waals surface area contributed by atoms with Crippen molar-refractivity contribution in [2.45, 2.75) is 39.2 Å². The third-order valence-corrected chi connectivity index (χ3v) is 4.32. The standard InChI is InChI=1S/C14H21IN2O.ClH/c1-4-14(16,5-2)9-17-13(18)11-8-10(3)6-7-12(11)15;/h6-8H,4-5,9,16H2,1-3H3,(H,17,18);1H. The van der Waals surface area contributed by atoms with Gasteiger partial charge in [-0.25, -0.2) is 0 Å². The smallest absolute Gasteiger partial charge is 0.252 e. The lowest BCUT2D eigenvalue weighted by Crippen LogP contribution is -2.49. The molecule has 0 unspecified atom stereocenters. The number of halogens is 2. The summed E-state index contributed by atoms with van der Waals surface area (Å²) in [5, 5.41) is 2.94. The number of amides is 1. The molecule has 0 atom stereocenters. The van der Waals surface area contributed by atoms with Crippen LogP contribution in [0, 0.1) is 10.5 Å². The van der Waals surface area contributed by atoms with Crippen molar-refractivity contribution in [2.75, 3.05) is 6.54 Å². The van der Waals surface area contributed by atoms with Gasteiger partial charge in [-0.3, -0.25) is 4.79 Å². The predicted molar refractivity (Wildman–Crippen MR) is 91.0 cm³/mol. The van der Waals surface area contributed by atoms with E-state index >= 15 is 0 Å². The minimum absolute atomic E-state index is 0.